The van der Waals surface area contributed by atoms with Crippen LogP contribution >= 0.6 is 0 Å². The third kappa shape index (κ3) is 7.53. The molecule has 2 saturated heterocycles. The van der Waals surface area contributed by atoms with Gasteiger partial charge in [-0.05, 0) is 85.3 Å². The van der Waals surface area contributed by atoms with Gasteiger partial charge in [-0.15, -0.1) is 0 Å². The Balaban J connectivity index is 0.777. The normalized spacial score (nSPS) is 21.3. The summed E-state index contributed by atoms with van der Waals surface area (Å²) in [4.78, 5) is 43.6. The van der Waals surface area contributed by atoms with Crippen molar-refractivity contribution in [1.82, 2.24) is 15.1 Å². The summed E-state index contributed by atoms with van der Waals surface area (Å²) in [6.45, 7) is 6.64. The lowest BCUT2D eigenvalue weighted by Crippen LogP contribution is -2.52. The minimum absolute atomic E-state index is 0.129. The average Bonchev–Trinajstić information content (AvgIpc) is 3.54. The first-order valence-corrected chi connectivity index (χ1v) is 19.3. The highest BCUT2D eigenvalue weighted by Crippen LogP contribution is 2.47. The van der Waals surface area contributed by atoms with Crippen LogP contribution in [0.2, 0.25) is 0 Å². The van der Waals surface area contributed by atoms with Gasteiger partial charge in [0.2, 0.25) is 11.8 Å². The zero-order valence-electron chi connectivity index (χ0n) is 30.9. The van der Waals surface area contributed by atoms with Crippen LogP contribution in [0.25, 0.3) is 0 Å². The van der Waals surface area contributed by atoms with Gasteiger partial charge in [0, 0.05) is 73.9 Å². The van der Waals surface area contributed by atoms with Crippen LogP contribution in [0.4, 0.5) is 5.69 Å². The number of unbranched alkanes of at least 4 members (excludes halogenated alkanes) is 2. The first-order chi connectivity index (χ1) is 26.4. The predicted molar refractivity (Wildman–Crippen MR) is 206 cm³/mol. The number of fused-ring (bicyclic) bond motifs is 2. The van der Waals surface area contributed by atoms with E-state index in [1.165, 1.54) is 16.7 Å². The third-order valence-electron chi connectivity index (χ3n) is 11.5. The fourth-order valence-corrected chi connectivity index (χ4v) is 8.48. The molecule has 10 heteroatoms. The molecule has 2 fully saturated rings. The molecule has 3 atom stereocenters. The molecular formula is C44H48N4O6. The van der Waals surface area contributed by atoms with Crippen molar-refractivity contribution in [2.24, 2.45) is 0 Å². The molecule has 10 nitrogen and oxygen atoms in total. The van der Waals surface area contributed by atoms with Crippen LogP contribution < -0.4 is 24.4 Å². The van der Waals surface area contributed by atoms with Crippen molar-refractivity contribution >= 4 is 23.4 Å². The number of piperazine rings is 1. The molecule has 0 aliphatic carbocycles. The van der Waals surface area contributed by atoms with Crippen LogP contribution in [0, 0.1) is 0 Å². The number of ether oxygens (including phenoxy) is 3. The van der Waals surface area contributed by atoms with E-state index in [1.54, 1.807) is 12.0 Å². The molecule has 0 bridgehead atoms. The lowest BCUT2D eigenvalue weighted by molar-refractivity contribution is -0.136. The molecule has 54 heavy (non-hydrogen) atoms. The van der Waals surface area contributed by atoms with Gasteiger partial charge in [-0.3, -0.25) is 24.6 Å². The fourth-order valence-electron chi connectivity index (χ4n) is 8.48. The third-order valence-corrected chi connectivity index (χ3v) is 11.5. The van der Waals surface area contributed by atoms with Crippen molar-refractivity contribution in [2.75, 3.05) is 57.9 Å². The smallest absolute Gasteiger partial charge is 0.255 e. The zero-order chi connectivity index (χ0) is 37.0. The number of imide groups is 1. The van der Waals surface area contributed by atoms with Gasteiger partial charge in [0.1, 0.15) is 23.3 Å². The largest absolute Gasteiger partial charge is 0.497 e. The second-order valence-corrected chi connectivity index (χ2v) is 14.8. The van der Waals surface area contributed by atoms with Gasteiger partial charge in [-0.1, -0.05) is 48.5 Å². The number of methoxy groups -OCH3 is 1. The van der Waals surface area contributed by atoms with E-state index in [0.29, 0.717) is 31.7 Å². The molecule has 1 N–H and O–H groups in total. The number of rotatable bonds is 12. The van der Waals surface area contributed by atoms with E-state index in [-0.39, 0.29) is 36.0 Å². The summed E-state index contributed by atoms with van der Waals surface area (Å²) in [6, 6.07) is 30.8. The zero-order valence-corrected chi connectivity index (χ0v) is 30.9. The Hall–Kier alpha value is -5.35. The Morgan fingerprint density at radius 1 is 0.815 bits per heavy atom. The summed E-state index contributed by atoms with van der Waals surface area (Å²) in [7, 11) is 1.68. The molecule has 2 unspecified atom stereocenters. The molecule has 0 aromatic heterocycles. The highest BCUT2D eigenvalue weighted by atomic mass is 16.5. The van der Waals surface area contributed by atoms with Crippen LogP contribution in [0.15, 0.2) is 91.0 Å². The Kier molecular flexibility index (Phi) is 10.5. The van der Waals surface area contributed by atoms with Crippen LogP contribution in [0.3, 0.4) is 0 Å². The monoisotopic (exact) mass is 728 g/mol. The Morgan fingerprint density at radius 2 is 1.61 bits per heavy atom. The van der Waals surface area contributed by atoms with Gasteiger partial charge >= 0.3 is 0 Å². The van der Waals surface area contributed by atoms with E-state index >= 15 is 0 Å². The number of anilines is 1. The van der Waals surface area contributed by atoms with Gasteiger partial charge in [0.15, 0.2) is 0 Å². The average molecular weight is 729 g/mol. The lowest BCUT2D eigenvalue weighted by atomic mass is 9.76. The van der Waals surface area contributed by atoms with Crippen molar-refractivity contribution < 1.29 is 28.6 Å². The van der Waals surface area contributed by atoms with E-state index in [9.17, 15) is 14.4 Å². The van der Waals surface area contributed by atoms with Crippen molar-refractivity contribution in [3.8, 4) is 17.2 Å². The maximum Gasteiger partial charge on any atom is 0.255 e. The number of nitrogens with zero attached hydrogens (tertiary/aromatic N) is 3. The number of amides is 3. The number of benzene rings is 4. The topological polar surface area (TPSA) is 101 Å². The van der Waals surface area contributed by atoms with Gasteiger partial charge < -0.3 is 24.0 Å². The second kappa shape index (κ2) is 15.9. The fraction of sp³-hybridized carbons (Fsp3) is 0.386. The summed E-state index contributed by atoms with van der Waals surface area (Å²) in [5.41, 5.74) is 6.41. The molecule has 0 saturated carbocycles. The molecule has 4 aliphatic heterocycles. The molecule has 4 aromatic carbocycles. The Labute approximate surface area is 317 Å². The maximum absolute atomic E-state index is 13.1. The number of nitrogens with one attached hydrogen (secondary N) is 1. The summed E-state index contributed by atoms with van der Waals surface area (Å²) >= 11 is 0. The standard InChI is InChI=1S/C44H48N4O6/c1-52-35-15-17-37-40(27-35)54-29-38(30-8-4-2-5-9-30)42(37)31-10-13-34(14-11-31)53-25-7-3-6-20-46-21-23-47(24-22-46)33-12-16-36-32(26-33)28-48(44(36)51)39-18-19-41(49)45-43(39)50/h2,4-5,8-17,26-27,38-39,42H,3,6-7,18-25,28-29H2,1H3,(H,45,49,50)/t38-,39?,42?/m1/s1. The quantitative estimate of drug-likeness (QED) is 0.137. The summed E-state index contributed by atoms with van der Waals surface area (Å²) in [5.74, 6) is 2.16. The van der Waals surface area contributed by atoms with E-state index in [0.717, 1.165) is 80.5 Å². The SMILES string of the molecule is COc1ccc2c(c1)OC[C@H](c1ccccc1)C2c1ccc(OCCCCCN2CCN(c3ccc4c(c3)CN(C3CCC(=O)NC3=O)C4=O)CC2)cc1. The number of hydrogen-bond acceptors (Lipinski definition) is 8. The molecule has 4 aliphatic rings. The van der Waals surface area contributed by atoms with E-state index in [1.807, 2.05) is 24.3 Å². The second-order valence-electron chi connectivity index (χ2n) is 14.8. The molecule has 0 radical (unpaired) electrons. The van der Waals surface area contributed by atoms with Gasteiger partial charge in [-0.25, -0.2) is 0 Å². The first kappa shape index (κ1) is 35.7. The highest BCUT2D eigenvalue weighted by Gasteiger charge is 2.39. The van der Waals surface area contributed by atoms with Gasteiger partial charge in [0.05, 0.1) is 20.3 Å². The Morgan fingerprint density at radius 3 is 2.39 bits per heavy atom. The molecular weight excluding hydrogens is 681 g/mol. The lowest BCUT2D eigenvalue weighted by Gasteiger charge is -2.36. The van der Waals surface area contributed by atoms with E-state index in [4.69, 9.17) is 14.2 Å². The minimum atomic E-state index is -0.589. The summed E-state index contributed by atoms with van der Waals surface area (Å²) in [6.07, 6.45) is 3.89. The van der Waals surface area contributed by atoms with Crippen molar-refractivity contribution in [2.45, 2.75) is 56.5 Å². The molecule has 0 spiro atoms. The summed E-state index contributed by atoms with van der Waals surface area (Å²) < 4.78 is 17.9. The number of piperidine rings is 1. The van der Waals surface area contributed by atoms with Crippen LogP contribution in [-0.2, 0) is 16.1 Å². The maximum atomic E-state index is 13.1. The van der Waals surface area contributed by atoms with Gasteiger partial charge in [-0.2, -0.15) is 0 Å². The van der Waals surface area contributed by atoms with Crippen LogP contribution in [-0.4, -0.2) is 86.6 Å². The van der Waals surface area contributed by atoms with Crippen LogP contribution in [0.5, 0.6) is 17.2 Å². The van der Waals surface area contributed by atoms with Gasteiger partial charge in [0.25, 0.3) is 5.91 Å². The number of carbonyl (C=O) groups excluding carboxylic acids is 3. The molecule has 4 heterocycles. The predicted octanol–water partition coefficient (Wildman–Crippen LogP) is 6.14. The highest BCUT2D eigenvalue weighted by molar-refractivity contribution is 6.05. The number of hydrogen-bond donors (Lipinski definition) is 1. The van der Waals surface area contributed by atoms with E-state index in [2.05, 4.69) is 81.8 Å². The van der Waals surface area contributed by atoms with Crippen molar-refractivity contribution in [3.63, 3.8) is 0 Å². The summed E-state index contributed by atoms with van der Waals surface area (Å²) in [5, 5.41) is 2.38. The first-order valence-electron chi connectivity index (χ1n) is 19.3. The Bertz CT molecular complexity index is 1980. The van der Waals surface area contributed by atoms with Crippen molar-refractivity contribution in [1.29, 1.82) is 0 Å². The van der Waals surface area contributed by atoms with Crippen LogP contribution in [0.1, 0.15) is 76.6 Å². The van der Waals surface area contributed by atoms with E-state index < -0.39 is 6.04 Å². The minimum Gasteiger partial charge on any atom is -0.497 e. The molecule has 280 valence electrons. The van der Waals surface area contributed by atoms with Crippen molar-refractivity contribution in [3.05, 3.63) is 119 Å². The number of carbonyl (C=O) groups is 3. The molecule has 3 amide bonds. The molecule has 8 rings (SSSR count). The molecule has 4 aromatic rings.